The second-order valence-corrected chi connectivity index (χ2v) is 4.54. The minimum Gasteiger partial charge on any atom is -0.355 e. The summed E-state index contributed by atoms with van der Waals surface area (Å²) in [7, 11) is 0. The summed E-state index contributed by atoms with van der Waals surface area (Å²) < 4.78 is 13.5. The smallest absolute Gasteiger partial charge is 0.237 e. The van der Waals surface area contributed by atoms with Gasteiger partial charge in [-0.15, -0.1) is 0 Å². The van der Waals surface area contributed by atoms with Gasteiger partial charge in [0.05, 0.1) is 6.04 Å². The van der Waals surface area contributed by atoms with E-state index in [0.717, 1.165) is 19.4 Å². The molecule has 1 saturated heterocycles. The van der Waals surface area contributed by atoms with Crippen LogP contribution in [0.4, 0.5) is 4.39 Å². The van der Waals surface area contributed by atoms with Gasteiger partial charge in [0.2, 0.25) is 5.91 Å². The SMILES string of the molecule is O=C1NCCCC1NCc1ccc(Cl)cc1F. The predicted octanol–water partition coefficient (Wildman–Crippen LogP) is 1.85. The first-order chi connectivity index (χ1) is 8.16. The maximum Gasteiger partial charge on any atom is 0.237 e. The summed E-state index contributed by atoms with van der Waals surface area (Å²) in [4.78, 5) is 11.5. The van der Waals surface area contributed by atoms with Crippen LogP contribution in [0.1, 0.15) is 18.4 Å². The molecular formula is C12H14ClFN2O. The number of nitrogens with one attached hydrogen (secondary N) is 2. The number of carbonyl (C=O) groups is 1. The van der Waals surface area contributed by atoms with Gasteiger partial charge in [0.1, 0.15) is 5.82 Å². The molecule has 0 saturated carbocycles. The van der Waals surface area contributed by atoms with E-state index in [9.17, 15) is 9.18 Å². The zero-order chi connectivity index (χ0) is 12.3. The Morgan fingerprint density at radius 1 is 1.53 bits per heavy atom. The number of hydrogen-bond acceptors (Lipinski definition) is 2. The van der Waals surface area contributed by atoms with Crippen molar-refractivity contribution in [2.45, 2.75) is 25.4 Å². The molecule has 0 radical (unpaired) electrons. The van der Waals surface area contributed by atoms with Crippen LogP contribution in [0.25, 0.3) is 0 Å². The molecule has 5 heteroatoms. The van der Waals surface area contributed by atoms with E-state index in [2.05, 4.69) is 10.6 Å². The Morgan fingerprint density at radius 2 is 2.35 bits per heavy atom. The Balaban J connectivity index is 1.95. The fourth-order valence-electron chi connectivity index (χ4n) is 1.87. The van der Waals surface area contributed by atoms with Crippen LogP contribution in [-0.2, 0) is 11.3 Å². The van der Waals surface area contributed by atoms with Crippen molar-refractivity contribution in [1.82, 2.24) is 10.6 Å². The lowest BCUT2D eigenvalue weighted by Gasteiger charge is -2.22. The lowest BCUT2D eigenvalue weighted by molar-refractivity contribution is -0.124. The third kappa shape index (κ3) is 3.17. The molecule has 1 amide bonds. The number of rotatable bonds is 3. The first-order valence-corrected chi connectivity index (χ1v) is 5.99. The molecule has 1 aromatic carbocycles. The Labute approximate surface area is 104 Å². The van der Waals surface area contributed by atoms with Crippen LogP contribution in [0.15, 0.2) is 18.2 Å². The molecule has 1 aromatic rings. The molecule has 0 spiro atoms. The fourth-order valence-corrected chi connectivity index (χ4v) is 2.02. The Morgan fingerprint density at radius 3 is 3.06 bits per heavy atom. The monoisotopic (exact) mass is 256 g/mol. The topological polar surface area (TPSA) is 41.1 Å². The van der Waals surface area contributed by atoms with Crippen molar-refractivity contribution in [2.75, 3.05) is 6.54 Å². The van der Waals surface area contributed by atoms with Gasteiger partial charge in [-0.25, -0.2) is 4.39 Å². The minimum atomic E-state index is -0.346. The van der Waals surface area contributed by atoms with Gasteiger partial charge in [-0.3, -0.25) is 4.79 Å². The second kappa shape index (κ2) is 5.47. The number of hydrogen-bond donors (Lipinski definition) is 2. The van der Waals surface area contributed by atoms with E-state index >= 15 is 0 Å². The highest BCUT2D eigenvalue weighted by Crippen LogP contribution is 2.15. The van der Waals surface area contributed by atoms with Gasteiger partial charge in [0.15, 0.2) is 0 Å². The molecule has 0 aromatic heterocycles. The average Bonchev–Trinajstić information content (AvgIpc) is 2.30. The molecule has 1 aliphatic rings. The number of carbonyl (C=O) groups excluding carboxylic acids is 1. The van der Waals surface area contributed by atoms with E-state index in [1.165, 1.54) is 6.07 Å². The van der Waals surface area contributed by atoms with E-state index in [1.54, 1.807) is 12.1 Å². The fraction of sp³-hybridized carbons (Fsp3) is 0.417. The van der Waals surface area contributed by atoms with E-state index in [1.807, 2.05) is 0 Å². The van der Waals surface area contributed by atoms with Crippen LogP contribution < -0.4 is 10.6 Å². The highest BCUT2D eigenvalue weighted by molar-refractivity contribution is 6.30. The number of halogens is 2. The van der Waals surface area contributed by atoms with Crippen molar-refractivity contribution in [3.8, 4) is 0 Å². The molecule has 0 aliphatic carbocycles. The van der Waals surface area contributed by atoms with Crippen molar-refractivity contribution in [3.63, 3.8) is 0 Å². The Hall–Kier alpha value is -1.13. The van der Waals surface area contributed by atoms with E-state index in [4.69, 9.17) is 11.6 Å². The molecule has 1 unspecified atom stereocenters. The first-order valence-electron chi connectivity index (χ1n) is 5.62. The van der Waals surface area contributed by atoms with E-state index in [-0.39, 0.29) is 17.8 Å². The third-order valence-electron chi connectivity index (χ3n) is 2.84. The van der Waals surface area contributed by atoms with Gasteiger partial charge >= 0.3 is 0 Å². The van der Waals surface area contributed by atoms with Gasteiger partial charge in [-0.05, 0) is 25.0 Å². The van der Waals surface area contributed by atoms with Crippen LogP contribution >= 0.6 is 11.6 Å². The molecule has 3 nitrogen and oxygen atoms in total. The largest absolute Gasteiger partial charge is 0.355 e. The molecular weight excluding hydrogens is 243 g/mol. The van der Waals surface area contributed by atoms with Crippen molar-refractivity contribution in [2.24, 2.45) is 0 Å². The summed E-state index contributed by atoms with van der Waals surface area (Å²) >= 11 is 5.66. The number of piperidine rings is 1. The summed E-state index contributed by atoms with van der Waals surface area (Å²) in [6.07, 6.45) is 1.74. The highest BCUT2D eigenvalue weighted by atomic mass is 35.5. The van der Waals surface area contributed by atoms with Crippen LogP contribution in [0.3, 0.4) is 0 Å². The highest BCUT2D eigenvalue weighted by Gasteiger charge is 2.21. The summed E-state index contributed by atoms with van der Waals surface area (Å²) in [5.41, 5.74) is 0.521. The number of benzene rings is 1. The van der Waals surface area contributed by atoms with Crippen molar-refractivity contribution in [3.05, 3.63) is 34.6 Å². The molecule has 0 bridgehead atoms. The molecule has 1 heterocycles. The van der Waals surface area contributed by atoms with Crippen LogP contribution in [0.5, 0.6) is 0 Å². The zero-order valence-electron chi connectivity index (χ0n) is 9.30. The van der Waals surface area contributed by atoms with Gasteiger partial charge in [-0.2, -0.15) is 0 Å². The van der Waals surface area contributed by atoms with Crippen molar-refractivity contribution < 1.29 is 9.18 Å². The normalized spacial score (nSPS) is 20.1. The standard InChI is InChI=1S/C12H14ClFN2O/c13-9-4-3-8(10(14)6-9)7-16-11-2-1-5-15-12(11)17/h3-4,6,11,16H,1-2,5,7H2,(H,15,17). The second-order valence-electron chi connectivity index (χ2n) is 4.10. The van der Waals surface area contributed by atoms with Gasteiger partial charge < -0.3 is 10.6 Å². The quantitative estimate of drug-likeness (QED) is 0.867. The summed E-state index contributed by atoms with van der Waals surface area (Å²) in [5, 5.41) is 6.21. The minimum absolute atomic E-state index is 0.00868. The third-order valence-corrected chi connectivity index (χ3v) is 3.07. The average molecular weight is 257 g/mol. The molecule has 1 fully saturated rings. The summed E-state index contributed by atoms with van der Waals surface area (Å²) in [6, 6.07) is 4.33. The molecule has 1 atom stereocenters. The molecule has 2 rings (SSSR count). The van der Waals surface area contributed by atoms with Gasteiger partial charge in [0.25, 0.3) is 0 Å². The maximum atomic E-state index is 13.5. The van der Waals surface area contributed by atoms with E-state index < -0.39 is 0 Å². The Bertz CT molecular complexity index is 425. The first kappa shape index (κ1) is 12.3. The number of amides is 1. The molecule has 2 N–H and O–H groups in total. The van der Waals surface area contributed by atoms with E-state index in [0.29, 0.717) is 17.1 Å². The molecule has 1 aliphatic heterocycles. The summed E-state index contributed by atoms with van der Waals surface area (Å²) in [6.45, 7) is 1.06. The predicted molar refractivity (Wildman–Crippen MR) is 64.3 cm³/mol. The van der Waals surface area contributed by atoms with Gasteiger partial charge in [-0.1, -0.05) is 17.7 Å². The van der Waals surface area contributed by atoms with Crippen LogP contribution in [0.2, 0.25) is 5.02 Å². The van der Waals surface area contributed by atoms with Crippen molar-refractivity contribution in [1.29, 1.82) is 0 Å². The van der Waals surface area contributed by atoms with Gasteiger partial charge in [0, 0.05) is 23.7 Å². The molecule has 92 valence electrons. The maximum absolute atomic E-state index is 13.5. The molecule has 17 heavy (non-hydrogen) atoms. The lowest BCUT2D eigenvalue weighted by Crippen LogP contribution is -2.47. The van der Waals surface area contributed by atoms with Crippen LogP contribution in [-0.4, -0.2) is 18.5 Å². The zero-order valence-corrected chi connectivity index (χ0v) is 10.1. The Kier molecular flexibility index (Phi) is 3.97. The van der Waals surface area contributed by atoms with Crippen LogP contribution in [0, 0.1) is 5.82 Å². The van der Waals surface area contributed by atoms with Crippen molar-refractivity contribution >= 4 is 17.5 Å². The summed E-state index contributed by atoms with van der Waals surface area (Å²) in [5.74, 6) is -0.355. The lowest BCUT2D eigenvalue weighted by atomic mass is 10.1.